The molecule has 1 unspecified atom stereocenters. The lowest BCUT2D eigenvalue weighted by Crippen LogP contribution is -2.44. The van der Waals surface area contributed by atoms with Crippen molar-refractivity contribution in [3.63, 3.8) is 0 Å². The summed E-state index contributed by atoms with van der Waals surface area (Å²) < 4.78 is 1.90. The molecule has 2 aromatic carbocycles. The van der Waals surface area contributed by atoms with E-state index in [9.17, 15) is 0 Å². The zero-order valence-corrected chi connectivity index (χ0v) is 17.5. The number of hydrogen-bond acceptors (Lipinski definition) is 3. The van der Waals surface area contributed by atoms with Crippen molar-refractivity contribution in [3.05, 3.63) is 84.2 Å². The van der Waals surface area contributed by atoms with Crippen LogP contribution < -0.4 is 10.6 Å². The first-order valence-corrected chi connectivity index (χ1v) is 10.6. The molecular weight excluding hydrogens is 372 g/mol. The minimum Gasteiger partial charge on any atom is -0.355 e. The number of benzene rings is 2. The first kappa shape index (κ1) is 20.2. The van der Waals surface area contributed by atoms with E-state index in [1.807, 2.05) is 54.3 Å². The number of hydrogen-bond donors (Lipinski definition) is 2. The standard InChI is InChI=1S/C24H30N6/c1-25-24(26-17-21-14-16-30(28-21)22-11-6-3-7-12-22)27-18-23-13-8-15-29(23)19-20-9-4-2-5-10-20/h2-7,9-12,14,16,23H,8,13,15,17-19H2,1H3,(H2,25,26,27). The van der Waals surface area contributed by atoms with Crippen molar-refractivity contribution in [2.75, 3.05) is 20.1 Å². The van der Waals surface area contributed by atoms with Gasteiger partial charge in [-0.3, -0.25) is 9.89 Å². The molecule has 2 heterocycles. The summed E-state index contributed by atoms with van der Waals surface area (Å²) >= 11 is 0. The van der Waals surface area contributed by atoms with E-state index in [4.69, 9.17) is 0 Å². The highest BCUT2D eigenvalue weighted by atomic mass is 15.3. The molecule has 156 valence electrons. The van der Waals surface area contributed by atoms with Crippen molar-refractivity contribution in [3.8, 4) is 5.69 Å². The fraction of sp³-hybridized carbons (Fsp3) is 0.333. The fourth-order valence-corrected chi connectivity index (χ4v) is 3.94. The molecule has 1 aromatic heterocycles. The third-order valence-electron chi connectivity index (χ3n) is 5.56. The molecule has 1 aliphatic heterocycles. The Balaban J connectivity index is 1.26. The molecule has 0 radical (unpaired) electrons. The first-order chi connectivity index (χ1) is 14.8. The van der Waals surface area contributed by atoms with E-state index in [2.05, 4.69) is 56.0 Å². The number of nitrogens with zero attached hydrogens (tertiary/aromatic N) is 4. The van der Waals surface area contributed by atoms with E-state index in [1.165, 1.54) is 18.4 Å². The highest BCUT2D eigenvalue weighted by Gasteiger charge is 2.24. The van der Waals surface area contributed by atoms with Gasteiger partial charge in [-0.25, -0.2) is 4.68 Å². The average Bonchev–Trinajstić information content (AvgIpc) is 3.45. The maximum Gasteiger partial charge on any atom is 0.191 e. The van der Waals surface area contributed by atoms with E-state index < -0.39 is 0 Å². The molecular formula is C24H30N6. The molecule has 30 heavy (non-hydrogen) atoms. The predicted molar refractivity (Wildman–Crippen MR) is 122 cm³/mol. The van der Waals surface area contributed by atoms with Gasteiger partial charge in [0.1, 0.15) is 0 Å². The molecule has 2 N–H and O–H groups in total. The van der Waals surface area contributed by atoms with Crippen LogP contribution in [0, 0.1) is 0 Å². The summed E-state index contributed by atoms with van der Waals surface area (Å²) in [6, 6.07) is 23.4. The lowest BCUT2D eigenvalue weighted by Gasteiger charge is -2.25. The molecule has 1 fully saturated rings. The predicted octanol–water partition coefficient (Wildman–Crippen LogP) is 3.20. The van der Waals surface area contributed by atoms with Gasteiger partial charge in [0.2, 0.25) is 0 Å². The van der Waals surface area contributed by atoms with Gasteiger partial charge < -0.3 is 10.6 Å². The summed E-state index contributed by atoms with van der Waals surface area (Å²) in [5.41, 5.74) is 3.42. The zero-order chi connectivity index (χ0) is 20.6. The largest absolute Gasteiger partial charge is 0.355 e. The minimum atomic E-state index is 0.529. The summed E-state index contributed by atoms with van der Waals surface area (Å²) in [5.74, 6) is 0.816. The maximum absolute atomic E-state index is 4.65. The maximum atomic E-state index is 4.65. The van der Waals surface area contributed by atoms with Crippen LogP contribution in [0.25, 0.3) is 5.69 Å². The van der Waals surface area contributed by atoms with Crippen molar-refractivity contribution in [2.45, 2.75) is 32.0 Å². The smallest absolute Gasteiger partial charge is 0.191 e. The summed E-state index contributed by atoms with van der Waals surface area (Å²) in [4.78, 5) is 6.95. The van der Waals surface area contributed by atoms with Gasteiger partial charge in [0.15, 0.2) is 5.96 Å². The van der Waals surface area contributed by atoms with Crippen molar-refractivity contribution in [2.24, 2.45) is 4.99 Å². The monoisotopic (exact) mass is 402 g/mol. The van der Waals surface area contributed by atoms with E-state index in [-0.39, 0.29) is 0 Å². The molecule has 3 aromatic rings. The molecule has 4 rings (SSSR count). The van der Waals surface area contributed by atoms with Crippen LogP contribution >= 0.6 is 0 Å². The molecule has 0 bridgehead atoms. The minimum absolute atomic E-state index is 0.529. The number of nitrogens with one attached hydrogen (secondary N) is 2. The highest BCUT2D eigenvalue weighted by molar-refractivity contribution is 5.79. The molecule has 0 aliphatic carbocycles. The Morgan fingerprint density at radius 2 is 1.80 bits per heavy atom. The first-order valence-electron chi connectivity index (χ1n) is 10.6. The molecule has 6 heteroatoms. The number of aromatic nitrogens is 2. The third-order valence-corrected chi connectivity index (χ3v) is 5.56. The van der Waals surface area contributed by atoms with Crippen LogP contribution in [0.3, 0.4) is 0 Å². The molecule has 0 amide bonds. The van der Waals surface area contributed by atoms with Crippen molar-refractivity contribution >= 4 is 5.96 Å². The van der Waals surface area contributed by atoms with Crippen molar-refractivity contribution in [1.29, 1.82) is 0 Å². The summed E-state index contributed by atoms with van der Waals surface area (Å²) in [7, 11) is 1.81. The van der Waals surface area contributed by atoms with E-state index >= 15 is 0 Å². The molecule has 1 atom stereocenters. The summed E-state index contributed by atoms with van der Waals surface area (Å²) in [6.07, 6.45) is 4.46. The zero-order valence-electron chi connectivity index (χ0n) is 17.5. The molecule has 6 nitrogen and oxygen atoms in total. The van der Waals surface area contributed by atoms with Gasteiger partial charge in [0.25, 0.3) is 0 Å². The summed E-state index contributed by atoms with van der Waals surface area (Å²) in [6.45, 7) is 3.70. The van der Waals surface area contributed by atoms with Crippen molar-refractivity contribution < 1.29 is 0 Å². The normalized spacial score (nSPS) is 17.2. The van der Waals surface area contributed by atoms with Crippen LogP contribution in [0.4, 0.5) is 0 Å². The number of likely N-dealkylation sites (tertiary alicyclic amines) is 1. The lowest BCUT2D eigenvalue weighted by atomic mass is 10.2. The number of rotatable bonds is 7. The van der Waals surface area contributed by atoms with Crippen molar-refractivity contribution in [1.82, 2.24) is 25.3 Å². The van der Waals surface area contributed by atoms with E-state index in [0.717, 1.165) is 37.0 Å². The van der Waals surface area contributed by atoms with Crippen LogP contribution in [0.15, 0.2) is 77.9 Å². The molecule has 1 aliphatic rings. The van der Waals surface area contributed by atoms with Gasteiger partial charge in [0.05, 0.1) is 17.9 Å². The van der Waals surface area contributed by atoms with Gasteiger partial charge in [-0.15, -0.1) is 0 Å². The molecule has 1 saturated heterocycles. The fourth-order valence-electron chi connectivity index (χ4n) is 3.94. The molecule has 0 spiro atoms. The van der Waals surface area contributed by atoms with Gasteiger partial charge >= 0.3 is 0 Å². The van der Waals surface area contributed by atoms with Gasteiger partial charge in [-0.2, -0.15) is 5.10 Å². The van der Waals surface area contributed by atoms with Crippen LogP contribution in [-0.4, -0.2) is 46.8 Å². The molecule has 0 saturated carbocycles. The Morgan fingerprint density at radius 3 is 2.57 bits per heavy atom. The second-order valence-electron chi connectivity index (χ2n) is 7.65. The van der Waals surface area contributed by atoms with Crippen LogP contribution in [0.5, 0.6) is 0 Å². The van der Waals surface area contributed by atoms with E-state index in [1.54, 1.807) is 0 Å². The topological polar surface area (TPSA) is 57.5 Å². The SMILES string of the molecule is CN=C(NCc1ccn(-c2ccccc2)n1)NCC1CCCN1Cc1ccccc1. The Labute approximate surface area is 178 Å². The Hall–Kier alpha value is -3.12. The number of para-hydroxylation sites is 1. The third kappa shape index (κ3) is 5.27. The summed E-state index contributed by atoms with van der Waals surface area (Å²) in [5, 5.41) is 11.5. The van der Waals surface area contributed by atoms with Crippen LogP contribution in [0.2, 0.25) is 0 Å². The number of guanidine groups is 1. The quantitative estimate of drug-likeness (QED) is 0.471. The van der Waals surface area contributed by atoms with Crippen LogP contribution in [0.1, 0.15) is 24.1 Å². The van der Waals surface area contributed by atoms with Gasteiger partial charge in [0, 0.05) is 32.4 Å². The lowest BCUT2D eigenvalue weighted by molar-refractivity contribution is 0.245. The Morgan fingerprint density at radius 1 is 1.03 bits per heavy atom. The van der Waals surface area contributed by atoms with E-state index in [0.29, 0.717) is 12.6 Å². The highest BCUT2D eigenvalue weighted by Crippen LogP contribution is 2.19. The Kier molecular flexibility index (Phi) is 6.77. The second-order valence-corrected chi connectivity index (χ2v) is 7.65. The van der Waals surface area contributed by atoms with Crippen LogP contribution in [-0.2, 0) is 13.1 Å². The van der Waals surface area contributed by atoms with Gasteiger partial charge in [-0.05, 0) is 43.1 Å². The van der Waals surface area contributed by atoms with Gasteiger partial charge in [-0.1, -0.05) is 48.5 Å². The Bertz CT molecular complexity index is 935. The number of aliphatic imine (C=N–C) groups is 1. The second kappa shape index (κ2) is 10.1. The average molecular weight is 403 g/mol.